The first-order valence-electron chi connectivity index (χ1n) is 7.20. The lowest BCUT2D eigenvalue weighted by Gasteiger charge is -2.19. The highest BCUT2D eigenvalue weighted by Crippen LogP contribution is 2.30. The van der Waals surface area contributed by atoms with Crippen molar-refractivity contribution in [3.8, 4) is 0 Å². The van der Waals surface area contributed by atoms with E-state index in [1.165, 1.54) is 12.1 Å². The maximum Gasteiger partial charge on any atom is 0.288 e. The molecule has 1 aliphatic heterocycles. The maximum absolute atomic E-state index is 13.9. The molecule has 2 heterocycles. The fourth-order valence-corrected chi connectivity index (χ4v) is 3.03. The molecule has 1 aromatic heterocycles. The number of aromatic nitrogens is 1. The summed E-state index contributed by atoms with van der Waals surface area (Å²) in [7, 11) is 0. The molecule has 1 unspecified atom stereocenters. The van der Waals surface area contributed by atoms with E-state index in [9.17, 15) is 23.7 Å². The number of nitro groups is 1. The number of hydrogen-bond donors (Lipinski definition) is 1. The first kappa shape index (κ1) is 17.2. The van der Waals surface area contributed by atoms with E-state index in [0.717, 1.165) is 23.2 Å². The lowest BCUT2D eigenvalue weighted by Crippen LogP contribution is -2.34. The molecule has 1 saturated heterocycles. The zero-order valence-corrected chi connectivity index (χ0v) is 14.2. The van der Waals surface area contributed by atoms with Crippen molar-refractivity contribution in [3.05, 3.63) is 56.7 Å². The van der Waals surface area contributed by atoms with Gasteiger partial charge in [0, 0.05) is 12.6 Å². The van der Waals surface area contributed by atoms with Gasteiger partial charge in [0.05, 0.1) is 9.40 Å². The number of rotatable bonds is 4. The van der Waals surface area contributed by atoms with Crippen LogP contribution >= 0.6 is 15.9 Å². The number of hydrogen-bond acceptors (Lipinski definition) is 5. The Bertz CT molecular complexity index is 844. The van der Waals surface area contributed by atoms with Crippen LogP contribution in [-0.4, -0.2) is 28.4 Å². The zero-order chi connectivity index (χ0) is 18.1. The molecular weight excluding hydrogens is 402 g/mol. The van der Waals surface area contributed by atoms with Crippen molar-refractivity contribution < 1.29 is 18.5 Å². The molecule has 0 bridgehead atoms. The fraction of sp³-hybridized carbons (Fsp3) is 0.200. The molecule has 1 atom stereocenters. The van der Waals surface area contributed by atoms with Crippen LogP contribution in [0, 0.1) is 21.7 Å². The highest BCUT2D eigenvalue weighted by atomic mass is 79.9. The Labute approximate surface area is 148 Å². The van der Waals surface area contributed by atoms with E-state index < -0.39 is 28.5 Å². The third-order valence-corrected chi connectivity index (χ3v) is 4.37. The molecule has 1 fully saturated rings. The van der Waals surface area contributed by atoms with E-state index in [4.69, 9.17) is 0 Å². The van der Waals surface area contributed by atoms with Gasteiger partial charge < -0.3 is 10.2 Å². The number of para-hydroxylation sites is 1. The Morgan fingerprint density at radius 2 is 2.04 bits per heavy atom. The third-order valence-electron chi connectivity index (χ3n) is 3.76. The van der Waals surface area contributed by atoms with Gasteiger partial charge in [-0.15, -0.1) is 0 Å². The number of anilines is 2. The Kier molecular flexibility index (Phi) is 4.62. The van der Waals surface area contributed by atoms with Crippen LogP contribution in [0.4, 0.5) is 26.0 Å². The average molecular weight is 413 g/mol. The second kappa shape index (κ2) is 6.71. The first-order chi connectivity index (χ1) is 11.9. The number of carbonyl (C=O) groups excluding carboxylic acids is 1. The molecule has 1 amide bonds. The third kappa shape index (κ3) is 3.29. The summed E-state index contributed by atoms with van der Waals surface area (Å²) in [6, 6.07) is 3.90. The monoisotopic (exact) mass is 412 g/mol. The summed E-state index contributed by atoms with van der Waals surface area (Å²) >= 11 is 3.15. The predicted octanol–water partition coefficient (Wildman–Crippen LogP) is 3.25. The number of benzene rings is 1. The van der Waals surface area contributed by atoms with Gasteiger partial charge in [0.2, 0.25) is 5.91 Å². The molecule has 1 N–H and O–H groups in total. The average Bonchev–Trinajstić information content (AvgIpc) is 2.90. The molecule has 1 aliphatic rings. The maximum atomic E-state index is 13.9. The van der Waals surface area contributed by atoms with Crippen LogP contribution in [0.3, 0.4) is 0 Å². The number of carbonyl (C=O) groups is 1. The van der Waals surface area contributed by atoms with Gasteiger partial charge in [-0.25, -0.2) is 13.8 Å². The van der Waals surface area contributed by atoms with Crippen LogP contribution in [0.1, 0.15) is 6.42 Å². The van der Waals surface area contributed by atoms with E-state index >= 15 is 0 Å². The summed E-state index contributed by atoms with van der Waals surface area (Å²) in [6.07, 6.45) is 1.36. The molecule has 3 rings (SSSR count). The number of amides is 1. The Balaban J connectivity index is 1.80. The van der Waals surface area contributed by atoms with E-state index in [1.807, 2.05) is 0 Å². The lowest BCUT2D eigenvalue weighted by molar-refractivity contribution is -0.385. The lowest BCUT2D eigenvalue weighted by atomic mass is 10.2. The number of pyridine rings is 1. The van der Waals surface area contributed by atoms with Crippen molar-refractivity contribution in [1.29, 1.82) is 0 Å². The van der Waals surface area contributed by atoms with E-state index in [1.54, 1.807) is 0 Å². The normalized spacial score (nSPS) is 17.0. The van der Waals surface area contributed by atoms with Gasteiger partial charge in [-0.2, -0.15) is 0 Å². The molecule has 10 heteroatoms. The summed E-state index contributed by atoms with van der Waals surface area (Å²) in [5.74, 6) is -1.90. The summed E-state index contributed by atoms with van der Waals surface area (Å²) in [5, 5.41) is 13.6. The fourth-order valence-electron chi connectivity index (χ4n) is 2.58. The second-order valence-electron chi connectivity index (χ2n) is 5.33. The van der Waals surface area contributed by atoms with Crippen LogP contribution in [0.25, 0.3) is 0 Å². The van der Waals surface area contributed by atoms with Crippen molar-refractivity contribution in [2.75, 3.05) is 16.8 Å². The van der Waals surface area contributed by atoms with Gasteiger partial charge in [-0.3, -0.25) is 14.9 Å². The topological polar surface area (TPSA) is 88.4 Å². The molecule has 0 saturated carbocycles. The van der Waals surface area contributed by atoms with E-state index in [0.29, 0.717) is 10.9 Å². The molecule has 25 heavy (non-hydrogen) atoms. The molecule has 7 nitrogen and oxygen atoms in total. The number of nitrogens with one attached hydrogen (secondary N) is 1. The van der Waals surface area contributed by atoms with Gasteiger partial charge in [-0.1, -0.05) is 6.07 Å². The van der Waals surface area contributed by atoms with Crippen molar-refractivity contribution in [3.63, 3.8) is 0 Å². The van der Waals surface area contributed by atoms with Gasteiger partial charge >= 0.3 is 0 Å². The number of nitrogens with zero attached hydrogens (tertiary/aromatic N) is 3. The van der Waals surface area contributed by atoms with Crippen LogP contribution in [0.5, 0.6) is 0 Å². The van der Waals surface area contributed by atoms with Crippen molar-refractivity contribution in [2.45, 2.75) is 12.5 Å². The molecule has 2 aromatic rings. The van der Waals surface area contributed by atoms with Crippen molar-refractivity contribution in [1.82, 2.24) is 4.98 Å². The molecular formula is C15H11BrF2N4O3. The second-order valence-corrected chi connectivity index (χ2v) is 6.18. The molecule has 130 valence electrons. The van der Waals surface area contributed by atoms with Crippen molar-refractivity contribution >= 4 is 39.0 Å². The van der Waals surface area contributed by atoms with Crippen LogP contribution < -0.4 is 10.2 Å². The SMILES string of the molecule is O=C1C(Nc2ncc([N+](=O)[O-])cc2Br)CCN1c1c(F)cccc1F. The quantitative estimate of drug-likeness (QED) is 0.614. The highest BCUT2D eigenvalue weighted by Gasteiger charge is 2.35. The minimum absolute atomic E-state index is 0.138. The van der Waals surface area contributed by atoms with Crippen molar-refractivity contribution in [2.24, 2.45) is 0 Å². The number of halogens is 3. The summed E-state index contributed by atoms with van der Waals surface area (Å²) in [5.41, 5.74) is -0.585. The van der Waals surface area contributed by atoms with Gasteiger partial charge in [-0.05, 0) is 34.5 Å². The van der Waals surface area contributed by atoms with Gasteiger partial charge in [0.1, 0.15) is 35.4 Å². The van der Waals surface area contributed by atoms with E-state index in [-0.39, 0.29) is 23.7 Å². The van der Waals surface area contributed by atoms with Gasteiger partial charge in [0.25, 0.3) is 5.69 Å². The summed E-state index contributed by atoms with van der Waals surface area (Å²) in [4.78, 5) is 27.6. The first-order valence-corrected chi connectivity index (χ1v) is 7.99. The largest absolute Gasteiger partial charge is 0.357 e. The predicted molar refractivity (Wildman–Crippen MR) is 89.3 cm³/mol. The summed E-state index contributed by atoms with van der Waals surface area (Å²) < 4.78 is 28.1. The van der Waals surface area contributed by atoms with Crippen LogP contribution in [0.15, 0.2) is 34.9 Å². The zero-order valence-electron chi connectivity index (χ0n) is 12.6. The Hall–Kier alpha value is -2.62. The molecule has 0 spiro atoms. The Morgan fingerprint density at radius 1 is 1.36 bits per heavy atom. The van der Waals surface area contributed by atoms with E-state index in [2.05, 4.69) is 26.2 Å². The molecule has 0 radical (unpaired) electrons. The molecule has 1 aromatic carbocycles. The smallest absolute Gasteiger partial charge is 0.288 e. The highest BCUT2D eigenvalue weighted by molar-refractivity contribution is 9.10. The van der Waals surface area contributed by atoms with Crippen LogP contribution in [-0.2, 0) is 4.79 Å². The molecule has 0 aliphatic carbocycles. The Morgan fingerprint density at radius 3 is 2.64 bits per heavy atom. The minimum Gasteiger partial charge on any atom is -0.357 e. The summed E-state index contributed by atoms with van der Waals surface area (Å²) in [6.45, 7) is 0.138. The van der Waals surface area contributed by atoms with Gasteiger partial charge in [0.15, 0.2) is 0 Å². The standard InChI is InChI=1S/C15H11BrF2N4O3/c16-9-6-8(22(24)25)7-19-14(9)20-12-4-5-21(15(12)23)13-10(17)2-1-3-11(13)18/h1-3,6-7,12H,4-5H2,(H,19,20). The van der Waals surface area contributed by atoms with Crippen LogP contribution in [0.2, 0.25) is 0 Å². The minimum atomic E-state index is -0.816.